The fourth-order valence-corrected chi connectivity index (χ4v) is 7.60. The molecular weight excluding hydrogens is 594 g/mol. The third-order valence-electron chi connectivity index (χ3n) is 10.4. The predicted octanol–water partition coefficient (Wildman–Crippen LogP) is 4.66. The van der Waals surface area contributed by atoms with Crippen LogP contribution < -0.4 is 0 Å². The second-order valence-electron chi connectivity index (χ2n) is 12.8. The van der Waals surface area contributed by atoms with Crippen LogP contribution in [-0.2, 0) is 28.5 Å². The van der Waals surface area contributed by atoms with Crippen molar-refractivity contribution in [3.05, 3.63) is 89.0 Å². The number of esters is 4. The Hall–Kier alpha value is -4.51. The summed E-state index contributed by atoms with van der Waals surface area (Å²) in [6.45, 7) is 8.04. The monoisotopic (exact) mass is 633 g/mol. The van der Waals surface area contributed by atoms with E-state index < -0.39 is 70.3 Å². The molecule has 3 aliphatic rings. The highest BCUT2D eigenvalue weighted by Gasteiger charge is 2.73. The number of benzene rings is 1. The van der Waals surface area contributed by atoms with Crippen molar-refractivity contribution in [1.82, 2.24) is 4.98 Å². The highest BCUT2D eigenvalue weighted by Crippen LogP contribution is 2.65. The minimum Gasteiger partial charge on any atom is -0.502 e. The molecular formula is C35H39NO10. The molecule has 11 nitrogen and oxygen atoms in total. The normalized spacial score (nSPS) is 31.2. The van der Waals surface area contributed by atoms with Crippen molar-refractivity contribution in [1.29, 1.82) is 0 Å². The second-order valence-corrected chi connectivity index (χ2v) is 12.8. The number of ether oxygens (including phenoxy) is 4. The fraction of sp³-hybridized carbons (Fsp3) is 0.457. The van der Waals surface area contributed by atoms with Gasteiger partial charge in [-0.15, -0.1) is 0 Å². The lowest BCUT2D eigenvalue weighted by Crippen LogP contribution is -2.75. The molecule has 0 radical (unpaired) electrons. The Morgan fingerprint density at radius 2 is 1.67 bits per heavy atom. The van der Waals surface area contributed by atoms with Crippen LogP contribution in [-0.4, -0.2) is 69.6 Å². The van der Waals surface area contributed by atoms with E-state index in [0.29, 0.717) is 12.8 Å². The molecule has 1 aliphatic heterocycles. The number of allylic oxidation sites excluding steroid dienone is 1. The van der Waals surface area contributed by atoms with E-state index in [-0.39, 0.29) is 29.7 Å². The Morgan fingerprint density at radius 3 is 2.28 bits per heavy atom. The topological polar surface area (TPSA) is 159 Å². The van der Waals surface area contributed by atoms with Gasteiger partial charge in [0.25, 0.3) is 0 Å². The number of cyclic esters (lactones) is 1. The molecule has 0 bridgehead atoms. The van der Waals surface area contributed by atoms with Crippen molar-refractivity contribution in [2.45, 2.75) is 77.8 Å². The molecule has 1 aromatic heterocycles. The zero-order chi connectivity index (χ0) is 33.4. The van der Waals surface area contributed by atoms with E-state index in [4.69, 9.17) is 18.9 Å². The van der Waals surface area contributed by atoms with Gasteiger partial charge >= 0.3 is 23.9 Å². The second kappa shape index (κ2) is 12.4. The lowest BCUT2D eigenvalue weighted by atomic mass is 9.42. The average Bonchev–Trinajstić information content (AvgIpc) is 3.35. The number of fused-ring (bicyclic) bond motifs is 1. The minimum absolute atomic E-state index is 0.140. The predicted molar refractivity (Wildman–Crippen MR) is 163 cm³/mol. The first-order valence-electron chi connectivity index (χ1n) is 15.2. The molecule has 2 aliphatic carbocycles. The van der Waals surface area contributed by atoms with Gasteiger partial charge in [-0.2, -0.15) is 0 Å². The van der Waals surface area contributed by atoms with E-state index in [1.807, 2.05) is 19.9 Å². The molecule has 46 heavy (non-hydrogen) atoms. The molecule has 11 heteroatoms. The van der Waals surface area contributed by atoms with Gasteiger partial charge in [0.15, 0.2) is 12.2 Å². The number of aliphatic hydroxyl groups is 2. The summed E-state index contributed by atoms with van der Waals surface area (Å²) in [5.74, 6) is -4.12. The van der Waals surface area contributed by atoms with E-state index >= 15 is 0 Å². The van der Waals surface area contributed by atoms with Crippen molar-refractivity contribution < 1.29 is 48.3 Å². The summed E-state index contributed by atoms with van der Waals surface area (Å²) in [6.07, 6.45) is 2.06. The molecule has 1 aromatic carbocycles. The van der Waals surface area contributed by atoms with Crippen LogP contribution in [0, 0.1) is 16.7 Å². The quantitative estimate of drug-likeness (QED) is 0.237. The lowest BCUT2D eigenvalue weighted by molar-refractivity contribution is -0.290. The van der Waals surface area contributed by atoms with Gasteiger partial charge < -0.3 is 29.2 Å². The summed E-state index contributed by atoms with van der Waals surface area (Å²) in [5.41, 5.74) is -3.04. The first-order valence-corrected chi connectivity index (χ1v) is 15.2. The molecule has 1 saturated carbocycles. The van der Waals surface area contributed by atoms with E-state index in [1.54, 1.807) is 49.4 Å². The number of nitrogens with zero attached hydrogens (tertiary/aromatic N) is 1. The Kier molecular flexibility index (Phi) is 8.83. The summed E-state index contributed by atoms with van der Waals surface area (Å²) in [5, 5.41) is 23.3. The first-order chi connectivity index (χ1) is 21.7. The van der Waals surface area contributed by atoms with Crippen molar-refractivity contribution >= 4 is 23.9 Å². The molecule has 2 aromatic rings. The fourth-order valence-electron chi connectivity index (χ4n) is 7.60. The summed E-state index contributed by atoms with van der Waals surface area (Å²) < 4.78 is 23.4. The van der Waals surface area contributed by atoms with Gasteiger partial charge in [-0.25, -0.2) is 14.4 Å². The molecule has 1 unspecified atom stereocenters. The maximum atomic E-state index is 13.7. The van der Waals surface area contributed by atoms with Crippen molar-refractivity contribution in [2.75, 3.05) is 6.61 Å². The third kappa shape index (κ3) is 5.46. The summed E-state index contributed by atoms with van der Waals surface area (Å²) in [6, 6.07) is 11.4. The molecule has 1 fully saturated rings. The Morgan fingerprint density at radius 1 is 1.02 bits per heavy atom. The van der Waals surface area contributed by atoms with E-state index in [1.165, 1.54) is 26.2 Å². The Balaban J connectivity index is 1.70. The number of aromatic nitrogens is 1. The van der Waals surface area contributed by atoms with Gasteiger partial charge in [0.05, 0.1) is 11.1 Å². The zero-order valence-corrected chi connectivity index (χ0v) is 26.5. The molecule has 2 heterocycles. The number of carbonyl (C=O) groups excluding carboxylic acids is 4. The standard InChI is InChI=1S/C35H39NO10/c1-20-11-9-15-25-33(20,3)28(45-31(40)23-14-10-16-36-18-23)29(46-30(39)22-12-7-6-8-13-22)35(5,42)34(25,4)26(44-21(2)37)17-24-19-43-32(41)27(24)38/h6-8,10-14,16,18,25-26,28-29,38,42H,9,15,17,19H2,1-5H3/t25?,26-,28-,29-,33-,34-,35-/m0/s1. The molecule has 2 N–H and O–H groups in total. The van der Waals surface area contributed by atoms with Crippen LogP contribution in [0.1, 0.15) is 74.6 Å². The number of hydrogen-bond acceptors (Lipinski definition) is 11. The number of aliphatic hydroxyl groups excluding tert-OH is 1. The molecule has 0 spiro atoms. The van der Waals surface area contributed by atoms with Crippen molar-refractivity contribution in [3.8, 4) is 0 Å². The maximum Gasteiger partial charge on any atom is 0.373 e. The smallest absolute Gasteiger partial charge is 0.373 e. The highest BCUT2D eigenvalue weighted by molar-refractivity contribution is 5.90. The Labute approximate surface area is 267 Å². The summed E-state index contributed by atoms with van der Waals surface area (Å²) >= 11 is 0. The minimum atomic E-state index is -2.01. The number of hydrogen-bond donors (Lipinski definition) is 2. The van der Waals surface area contributed by atoms with Crippen molar-refractivity contribution in [3.63, 3.8) is 0 Å². The van der Waals surface area contributed by atoms with Gasteiger partial charge in [-0.05, 0) is 56.9 Å². The van der Waals surface area contributed by atoms with Gasteiger partial charge in [-0.3, -0.25) is 9.78 Å². The van der Waals surface area contributed by atoms with E-state index in [2.05, 4.69) is 4.98 Å². The molecule has 0 amide bonds. The van der Waals surface area contributed by atoms with E-state index in [9.17, 15) is 29.4 Å². The number of carbonyl (C=O) groups is 4. The zero-order valence-electron chi connectivity index (χ0n) is 26.5. The van der Waals surface area contributed by atoms with Gasteiger partial charge in [-0.1, -0.05) is 43.7 Å². The first kappa shape index (κ1) is 32.9. The van der Waals surface area contributed by atoms with Crippen LogP contribution >= 0.6 is 0 Å². The van der Waals surface area contributed by atoms with Crippen LogP contribution in [0.5, 0.6) is 0 Å². The molecule has 7 atom stereocenters. The van der Waals surface area contributed by atoms with Crippen molar-refractivity contribution in [2.24, 2.45) is 16.7 Å². The highest BCUT2D eigenvalue weighted by atomic mass is 16.6. The third-order valence-corrected chi connectivity index (χ3v) is 10.4. The number of pyridine rings is 1. The van der Waals surface area contributed by atoms with Crippen LogP contribution in [0.2, 0.25) is 0 Å². The average molecular weight is 634 g/mol. The van der Waals surface area contributed by atoms with Gasteiger partial charge in [0.1, 0.15) is 18.3 Å². The van der Waals surface area contributed by atoms with Crippen LogP contribution in [0.15, 0.2) is 77.8 Å². The summed E-state index contributed by atoms with van der Waals surface area (Å²) in [4.78, 5) is 56.0. The SMILES string of the molecule is CC(=O)O[C@@H](CC1=C(O)C(=O)OC1)[C@]1(C)C2CCC=C(C)[C@]2(C)[C@@H](OC(=O)c2cccnc2)[C@H](OC(=O)c2ccccc2)[C@]1(C)O. The van der Waals surface area contributed by atoms with Crippen LogP contribution in [0.4, 0.5) is 0 Å². The van der Waals surface area contributed by atoms with Gasteiger partial charge in [0, 0.05) is 42.1 Å². The van der Waals surface area contributed by atoms with Gasteiger partial charge in [0.2, 0.25) is 5.76 Å². The lowest BCUT2D eigenvalue weighted by Gasteiger charge is -2.66. The van der Waals surface area contributed by atoms with E-state index in [0.717, 1.165) is 5.57 Å². The largest absolute Gasteiger partial charge is 0.502 e. The molecule has 0 saturated heterocycles. The van der Waals surface area contributed by atoms with Crippen LogP contribution in [0.3, 0.4) is 0 Å². The number of rotatable bonds is 8. The summed E-state index contributed by atoms with van der Waals surface area (Å²) in [7, 11) is 0. The van der Waals surface area contributed by atoms with Crippen LogP contribution in [0.25, 0.3) is 0 Å². The molecule has 244 valence electrons. The molecule has 5 rings (SSSR count). The Bertz CT molecular complexity index is 1580. The maximum absolute atomic E-state index is 13.7.